The van der Waals surface area contributed by atoms with Gasteiger partial charge >= 0.3 is 0 Å². The molecule has 33 heavy (non-hydrogen) atoms. The second kappa shape index (κ2) is 12.3. The van der Waals surface area contributed by atoms with Gasteiger partial charge in [-0.05, 0) is 37.6 Å². The number of ether oxygens (including phenoxy) is 2. The zero-order valence-electron chi connectivity index (χ0n) is 19.9. The van der Waals surface area contributed by atoms with Crippen molar-refractivity contribution in [3.63, 3.8) is 0 Å². The Labute approximate surface area is 197 Å². The minimum Gasteiger partial charge on any atom is -0.439 e. The summed E-state index contributed by atoms with van der Waals surface area (Å²) in [6, 6.07) is 18.2. The molecule has 0 saturated carbocycles. The molecule has 0 radical (unpaired) electrons. The summed E-state index contributed by atoms with van der Waals surface area (Å²) >= 11 is 0. The lowest BCUT2D eigenvalue weighted by atomic mass is 10.1. The van der Waals surface area contributed by atoms with Crippen molar-refractivity contribution in [2.24, 2.45) is 7.05 Å². The lowest BCUT2D eigenvalue weighted by molar-refractivity contribution is 0.0245. The Morgan fingerprint density at radius 1 is 1.18 bits per heavy atom. The highest BCUT2D eigenvalue weighted by Gasteiger charge is 2.23. The molecule has 1 N–H and O–H groups in total. The van der Waals surface area contributed by atoms with E-state index in [2.05, 4.69) is 30.5 Å². The van der Waals surface area contributed by atoms with Gasteiger partial charge in [0.05, 0.1) is 24.9 Å². The van der Waals surface area contributed by atoms with E-state index in [1.165, 1.54) is 0 Å². The fourth-order valence-corrected chi connectivity index (χ4v) is 3.85. The molecule has 176 valence electrons. The molecule has 2 aromatic carbocycles. The first kappa shape index (κ1) is 24.7. The normalized spacial score (nSPS) is 12.2. The number of benzene rings is 2. The first-order chi connectivity index (χ1) is 16.0. The van der Waals surface area contributed by atoms with Crippen LogP contribution in [-0.4, -0.2) is 52.2 Å². The van der Waals surface area contributed by atoms with E-state index >= 15 is 0 Å². The van der Waals surface area contributed by atoms with E-state index in [0.717, 1.165) is 41.1 Å². The average molecular weight is 450 g/mol. The Kier molecular flexibility index (Phi) is 9.24. The quantitative estimate of drug-likeness (QED) is 0.295. The van der Waals surface area contributed by atoms with Gasteiger partial charge in [0.15, 0.2) is 0 Å². The maximum Gasteiger partial charge on any atom is 0.222 e. The number of hydrogen-bond donors (Lipinski definition) is 1. The van der Waals surface area contributed by atoms with Crippen LogP contribution in [0.2, 0.25) is 0 Å². The minimum absolute atomic E-state index is 0.275. The lowest BCUT2D eigenvalue weighted by Gasteiger charge is -2.25. The highest BCUT2D eigenvalue weighted by molar-refractivity contribution is 5.65. The zero-order chi connectivity index (χ0) is 23.6. The van der Waals surface area contributed by atoms with E-state index in [9.17, 15) is 5.11 Å². The summed E-state index contributed by atoms with van der Waals surface area (Å²) in [4.78, 5) is 2.23. The second-order valence-electron chi connectivity index (χ2n) is 8.26. The fraction of sp³-hybridized carbons (Fsp3) is 0.370. The third-order valence-electron chi connectivity index (χ3n) is 5.28. The molecule has 0 aliphatic carbocycles. The highest BCUT2D eigenvalue weighted by atomic mass is 16.5. The van der Waals surface area contributed by atoms with E-state index in [0.29, 0.717) is 25.6 Å². The van der Waals surface area contributed by atoms with Crippen LogP contribution in [0.25, 0.3) is 11.3 Å². The topological polar surface area (TPSA) is 59.8 Å². The monoisotopic (exact) mass is 449 g/mol. The van der Waals surface area contributed by atoms with Gasteiger partial charge in [-0.15, -0.1) is 6.58 Å². The van der Waals surface area contributed by atoms with Gasteiger partial charge < -0.3 is 14.6 Å². The van der Waals surface area contributed by atoms with Crippen LogP contribution in [0.3, 0.4) is 0 Å². The number of aliphatic hydroxyl groups is 1. The Balaban J connectivity index is 1.93. The van der Waals surface area contributed by atoms with Crippen LogP contribution < -0.4 is 4.74 Å². The molecule has 0 aliphatic heterocycles. The molecule has 1 atom stereocenters. The smallest absolute Gasteiger partial charge is 0.222 e. The molecule has 6 heteroatoms. The van der Waals surface area contributed by atoms with Crippen LogP contribution in [0.15, 0.2) is 67.3 Å². The van der Waals surface area contributed by atoms with E-state index in [4.69, 9.17) is 14.6 Å². The predicted octanol–water partition coefficient (Wildman–Crippen LogP) is 4.96. The molecule has 6 nitrogen and oxygen atoms in total. The van der Waals surface area contributed by atoms with Crippen molar-refractivity contribution in [3.8, 4) is 22.9 Å². The Hall–Kier alpha value is -2.93. The third kappa shape index (κ3) is 7.02. The summed E-state index contributed by atoms with van der Waals surface area (Å²) in [5, 5.41) is 15.3. The molecule has 1 aromatic heterocycles. The van der Waals surface area contributed by atoms with Crippen molar-refractivity contribution in [2.45, 2.75) is 32.9 Å². The number of aryl methyl sites for hydroxylation is 2. The molecule has 0 saturated heterocycles. The SMILES string of the molecule is C=CCOCC(O)CN(CCC)Cc1c(-c2ccccc2)nn(C)c1Oc1cccc(C)c1. The van der Waals surface area contributed by atoms with Crippen molar-refractivity contribution in [1.29, 1.82) is 0 Å². The minimum atomic E-state index is -0.588. The summed E-state index contributed by atoms with van der Waals surface area (Å²) in [6.45, 7) is 10.5. The molecule has 1 heterocycles. The highest BCUT2D eigenvalue weighted by Crippen LogP contribution is 2.34. The molecule has 3 rings (SSSR count). The summed E-state index contributed by atoms with van der Waals surface area (Å²) in [6.07, 6.45) is 2.07. The second-order valence-corrected chi connectivity index (χ2v) is 8.26. The van der Waals surface area contributed by atoms with Gasteiger partial charge in [-0.3, -0.25) is 4.90 Å². The van der Waals surface area contributed by atoms with Crippen LogP contribution in [0.4, 0.5) is 0 Å². The zero-order valence-corrected chi connectivity index (χ0v) is 19.9. The largest absolute Gasteiger partial charge is 0.439 e. The van der Waals surface area contributed by atoms with Crippen LogP contribution >= 0.6 is 0 Å². The first-order valence-electron chi connectivity index (χ1n) is 11.5. The number of aliphatic hydroxyl groups excluding tert-OH is 1. The predicted molar refractivity (Wildman–Crippen MR) is 132 cm³/mol. The van der Waals surface area contributed by atoms with Crippen molar-refractivity contribution >= 4 is 0 Å². The van der Waals surface area contributed by atoms with E-state index in [-0.39, 0.29) is 6.61 Å². The lowest BCUT2D eigenvalue weighted by Crippen LogP contribution is -2.35. The molecular formula is C27H35N3O3. The maximum absolute atomic E-state index is 10.5. The molecule has 0 fully saturated rings. The molecule has 0 amide bonds. The standard InChI is InChI=1S/C27H35N3O3/c1-5-15-30(18-23(31)20-32-16-6-2)19-25-26(22-12-8-7-9-13-22)28-29(4)27(25)33-24-14-10-11-21(3)17-24/h6-14,17,23,31H,2,5,15-16,18-20H2,1,3-4H3. The number of aromatic nitrogens is 2. The summed E-state index contributed by atoms with van der Waals surface area (Å²) in [7, 11) is 1.91. The maximum atomic E-state index is 10.5. The van der Waals surface area contributed by atoms with Gasteiger partial charge in [0, 0.05) is 25.7 Å². The van der Waals surface area contributed by atoms with Gasteiger partial charge in [-0.1, -0.05) is 55.5 Å². The van der Waals surface area contributed by atoms with E-state index < -0.39 is 6.10 Å². The van der Waals surface area contributed by atoms with Gasteiger partial charge in [0.2, 0.25) is 5.88 Å². The molecule has 0 aliphatic rings. The summed E-state index contributed by atoms with van der Waals surface area (Å²) in [5.41, 5.74) is 4.06. The molecule has 0 bridgehead atoms. The Morgan fingerprint density at radius 3 is 2.67 bits per heavy atom. The van der Waals surface area contributed by atoms with Gasteiger partial charge in [0.1, 0.15) is 11.4 Å². The molecule has 1 unspecified atom stereocenters. The van der Waals surface area contributed by atoms with E-state index in [1.54, 1.807) is 10.8 Å². The Bertz CT molecular complexity index is 1020. The van der Waals surface area contributed by atoms with Crippen LogP contribution in [-0.2, 0) is 18.3 Å². The summed E-state index contributed by atoms with van der Waals surface area (Å²) < 4.78 is 13.6. The van der Waals surface area contributed by atoms with Crippen molar-refractivity contribution in [2.75, 3.05) is 26.3 Å². The van der Waals surface area contributed by atoms with Gasteiger partial charge in [-0.25, -0.2) is 4.68 Å². The molecule has 3 aromatic rings. The van der Waals surface area contributed by atoms with Crippen molar-refractivity contribution in [1.82, 2.24) is 14.7 Å². The van der Waals surface area contributed by atoms with Gasteiger partial charge in [0.25, 0.3) is 0 Å². The van der Waals surface area contributed by atoms with E-state index in [1.807, 2.05) is 56.4 Å². The Morgan fingerprint density at radius 2 is 1.97 bits per heavy atom. The molecular weight excluding hydrogens is 414 g/mol. The number of nitrogens with zero attached hydrogens (tertiary/aromatic N) is 3. The molecule has 0 spiro atoms. The fourth-order valence-electron chi connectivity index (χ4n) is 3.85. The van der Waals surface area contributed by atoms with Crippen LogP contribution in [0.5, 0.6) is 11.6 Å². The third-order valence-corrected chi connectivity index (χ3v) is 5.28. The van der Waals surface area contributed by atoms with Crippen LogP contribution in [0, 0.1) is 6.92 Å². The van der Waals surface area contributed by atoms with Crippen molar-refractivity contribution in [3.05, 3.63) is 78.4 Å². The first-order valence-corrected chi connectivity index (χ1v) is 11.5. The summed E-state index contributed by atoms with van der Waals surface area (Å²) in [5.74, 6) is 1.48. The number of rotatable bonds is 13. The van der Waals surface area contributed by atoms with Crippen LogP contribution in [0.1, 0.15) is 24.5 Å². The van der Waals surface area contributed by atoms with Crippen molar-refractivity contribution < 1.29 is 14.6 Å². The average Bonchev–Trinajstić information content (AvgIpc) is 3.10. The van der Waals surface area contributed by atoms with Gasteiger partial charge in [-0.2, -0.15) is 5.10 Å². The number of hydrogen-bond acceptors (Lipinski definition) is 5.